The number of hydrogen-bond donors (Lipinski definition) is 0. The van der Waals surface area contributed by atoms with Crippen molar-refractivity contribution in [2.45, 2.75) is 6.44 Å². The largest absolute Gasteiger partial charge is 0.497 e. The fraction of sp³-hybridized carbons (Fsp3) is 0.111. The molecule has 7 heteroatoms. The van der Waals surface area contributed by atoms with E-state index < -0.39 is 19.0 Å². The van der Waals surface area contributed by atoms with Crippen LogP contribution in [0.5, 0.6) is 0 Å². The van der Waals surface area contributed by atoms with Gasteiger partial charge in [-0.05, 0) is 18.6 Å². The number of aromatic nitrogens is 2. The maximum Gasteiger partial charge on any atom is 0.497 e. The Bertz CT molecular complexity index is 579. The lowest BCUT2D eigenvalue weighted by Crippen LogP contribution is -2.31. The zero-order valence-corrected chi connectivity index (χ0v) is 8.11. The molecular weight excluding hydrogens is 220 g/mol. The number of nitrogens with zero attached hydrogens (tertiary/aromatic N) is 2. The van der Waals surface area contributed by atoms with Gasteiger partial charge in [0.25, 0.3) is 5.56 Å². The van der Waals surface area contributed by atoms with Gasteiger partial charge in [-0.25, -0.2) is 4.98 Å². The highest BCUT2D eigenvalue weighted by Gasteiger charge is 2.24. The molecule has 3 nitrogen and oxygen atoms in total. The summed E-state index contributed by atoms with van der Waals surface area (Å²) in [6.07, 6.45) is -0.323. The molecule has 1 aromatic carbocycles. The molecular formula is C9H7BF3N2O-. The first-order valence-corrected chi connectivity index (χ1v) is 4.62. The molecule has 1 aromatic heterocycles. The molecule has 0 radical (unpaired) electrons. The molecule has 0 saturated heterocycles. The molecule has 0 amide bonds. The van der Waals surface area contributed by atoms with Crippen LogP contribution in [0.3, 0.4) is 0 Å². The average Bonchev–Trinajstić information content (AvgIpc) is 2.21. The van der Waals surface area contributed by atoms with Gasteiger partial charge in [0.05, 0.1) is 17.2 Å². The van der Waals surface area contributed by atoms with E-state index in [4.69, 9.17) is 0 Å². The van der Waals surface area contributed by atoms with Crippen LogP contribution in [0.2, 0.25) is 0 Å². The molecule has 0 unspecified atom stereocenters. The molecule has 0 fully saturated rings. The van der Waals surface area contributed by atoms with Crippen molar-refractivity contribution in [1.82, 2.24) is 9.55 Å². The Balaban J connectivity index is 2.57. The molecule has 0 saturated carbocycles. The van der Waals surface area contributed by atoms with E-state index >= 15 is 0 Å². The van der Waals surface area contributed by atoms with E-state index in [1.165, 1.54) is 6.07 Å². The molecule has 1 heterocycles. The Morgan fingerprint density at radius 1 is 1.25 bits per heavy atom. The number of halogens is 3. The minimum absolute atomic E-state index is 0.199. The minimum Gasteiger partial charge on any atom is -0.448 e. The topological polar surface area (TPSA) is 34.9 Å². The quantitative estimate of drug-likeness (QED) is 0.733. The highest BCUT2D eigenvalue weighted by atomic mass is 19.4. The van der Waals surface area contributed by atoms with E-state index in [0.29, 0.717) is 10.1 Å². The van der Waals surface area contributed by atoms with Crippen molar-refractivity contribution in [2.75, 3.05) is 0 Å². The Hall–Kier alpha value is -1.79. The number of hydrogen-bond acceptors (Lipinski definition) is 2. The van der Waals surface area contributed by atoms with Crippen LogP contribution in [0, 0.1) is 0 Å². The number of benzene rings is 1. The Morgan fingerprint density at radius 2 is 1.94 bits per heavy atom. The first kappa shape index (κ1) is 10.7. The summed E-state index contributed by atoms with van der Waals surface area (Å²) in [5, 5.41) is 0.199. The van der Waals surface area contributed by atoms with E-state index in [9.17, 15) is 17.7 Å². The molecule has 84 valence electrons. The molecule has 0 spiro atoms. The number of fused-ring (bicyclic) bond motifs is 1. The summed E-state index contributed by atoms with van der Waals surface area (Å²) >= 11 is 0. The van der Waals surface area contributed by atoms with E-state index in [0.717, 1.165) is 6.33 Å². The van der Waals surface area contributed by atoms with Gasteiger partial charge < -0.3 is 17.5 Å². The lowest BCUT2D eigenvalue weighted by Gasteiger charge is -2.15. The molecule has 0 atom stereocenters. The van der Waals surface area contributed by atoms with Crippen molar-refractivity contribution in [3.8, 4) is 0 Å². The fourth-order valence-electron chi connectivity index (χ4n) is 1.46. The molecule has 16 heavy (non-hydrogen) atoms. The molecule has 0 aliphatic heterocycles. The molecule has 0 N–H and O–H groups in total. The van der Waals surface area contributed by atoms with Crippen LogP contribution in [-0.2, 0) is 6.44 Å². The first-order valence-electron chi connectivity index (χ1n) is 4.62. The first-order chi connectivity index (χ1) is 7.47. The van der Waals surface area contributed by atoms with Crippen LogP contribution in [0.25, 0.3) is 10.9 Å². The van der Waals surface area contributed by atoms with Gasteiger partial charge in [-0.3, -0.25) is 4.79 Å². The molecule has 0 aliphatic carbocycles. The fourth-order valence-corrected chi connectivity index (χ4v) is 1.46. The van der Waals surface area contributed by atoms with Gasteiger partial charge in [-0.1, -0.05) is 12.1 Å². The number of para-hydroxylation sites is 1. The SMILES string of the molecule is O=c1c2ccccc2ncn1C[B-](F)(F)F. The van der Waals surface area contributed by atoms with E-state index in [-0.39, 0.29) is 5.39 Å². The summed E-state index contributed by atoms with van der Waals surface area (Å²) in [5.41, 5.74) is -0.261. The zero-order valence-electron chi connectivity index (χ0n) is 8.11. The van der Waals surface area contributed by atoms with Gasteiger partial charge in [0.2, 0.25) is 0 Å². The minimum atomic E-state index is -5.04. The summed E-state index contributed by atoms with van der Waals surface area (Å²) in [7, 11) is 0. The van der Waals surface area contributed by atoms with Crippen LogP contribution in [-0.4, -0.2) is 16.5 Å². The Labute approximate surface area is 88.6 Å². The highest BCUT2D eigenvalue weighted by Crippen LogP contribution is 2.11. The average molecular weight is 227 g/mol. The lowest BCUT2D eigenvalue weighted by molar-refractivity contribution is 0.442. The molecule has 0 aliphatic rings. The molecule has 2 aromatic rings. The van der Waals surface area contributed by atoms with Crippen LogP contribution in [0.1, 0.15) is 0 Å². The van der Waals surface area contributed by atoms with Crippen molar-refractivity contribution in [3.05, 3.63) is 40.9 Å². The lowest BCUT2D eigenvalue weighted by atomic mass is 9.92. The van der Waals surface area contributed by atoms with Crippen LogP contribution >= 0.6 is 0 Å². The maximum atomic E-state index is 12.2. The van der Waals surface area contributed by atoms with E-state index in [1.807, 2.05) is 0 Å². The second-order valence-electron chi connectivity index (χ2n) is 3.43. The van der Waals surface area contributed by atoms with Crippen molar-refractivity contribution < 1.29 is 12.9 Å². The standard InChI is InChI=1S/C9H7BF3N2O/c11-10(12,13)5-15-6-14-8-4-2-1-3-7(8)9(15)16/h1-4,6H,5H2/q-1. The summed E-state index contributed by atoms with van der Waals surface area (Å²) in [6, 6.07) is 6.31. The van der Waals surface area contributed by atoms with Gasteiger partial charge in [0, 0.05) is 0 Å². The van der Waals surface area contributed by atoms with Crippen LogP contribution in [0.4, 0.5) is 12.9 Å². The third-order valence-electron chi connectivity index (χ3n) is 2.14. The second kappa shape index (κ2) is 3.66. The van der Waals surface area contributed by atoms with Gasteiger partial charge in [-0.2, -0.15) is 0 Å². The van der Waals surface area contributed by atoms with Crippen molar-refractivity contribution in [3.63, 3.8) is 0 Å². The van der Waals surface area contributed by atoms with Gasteiger partial charge >= 0.3 is 6.98 Å². The van der Waals surface area contributed by atoms with Gasteiger partial charge in [-0.15, -0.1) is 0 Å². The molecule has 2 rings (SSSR count). The van der Waals surface area contributed by atoms with Gasteiger partial charge in [0.15, 0.2) is 0 Å². The summed E-state index contributed by atoms with van der Waals surface area (Å²) in [6.45, 7) is -5.04. The Morgan fingerprint density at radius 3 is 2.62 bits per heavy atom. The van der Waals surface area contributed by atoms with Crippen LogP contribution < -0.4 is 5.56 Å². The zero-order chi connectivity index (χ0) is 11.8. The highest BCUT2D eigenvalue weighted by molar-refractivity contribution is 6.57. The van der Waals surface area contributed by atoms with Crippen molar-refractivity contribution in [1.29, 1.82) is 0 Å². The summed E-state index contributed by atoms with van der Waals surface area (Å²) in [4.78, 5) is 15.4. The monoisotopic (exact) mass is 227 g/mol. The van der Waals surface area contributed by atoms with Crippen LogP contribution in [0.15, 0.2) is 35.4 Å². The normalized spacial score (nSPS) is 11.9. The van der Waals surface area contributed by atoms with E-state index in [2.05, 4.69) is 4.98 Å². The predicted molar refractivity (Wildman–Crippen MR) is 55.1 cm³/mol. The molecule has 0 bridgehead atoms. The summed E-state index contributed by atoms with van der Waals surface area (Å²) < 4.78 is 37.2. The number of rotatable bonds is 2. The van der Waals surface area contributed by atoms with Crippen molar-refractivity contribution >= 4 is 17.9 Å². The summed E-state index contributed by atoms with van der Waals surface area (Å²) in [5.74, 6) is 0. The Kier molecular flexibility index (Phi) is 2.45. The van der Waals surface area contributed by atoms with E-state index in [1.54, 1.807) is 18.2 Å². The second-order valence-corrected chi connectivity index (χ2v) is 3.43. The van der Waals surface area contributed by atoms with Crippen molar-refractivity contribution in [2.24, 2.45) is 0 Å². The third-order valence-corrected chi connectivity index (χ3v) is 2.14. The predicted octanol–water partition coefficient (Wildman–Crippen LogP) is 1.78. The maximum absolute atomic E-state index is 12.2. The third kappa shape index (κ3) is 2.07. The van der Waals surface area contributed by atoms with Gasteiger partial charge in [0.1, 0.15) is 0 Å². The smallest absolute Gasteiger partial charge is 0.448 e.